The van der Waals surface area contributed by atoms with Gasteiger partial charge in [-0.25, -0.2) is 18.1 Å². The molecule has 2 aromatic carbocycles. The summed E-state index contributed by atoms with van der Waals surface area (Å²) < 4.78 is 26.7. The van der Waals surface area contributed by atoms with E-state index in [4.69, 9.17) is 11.6 Å². The number of halogens is 1. The molecule has 0 fully saturated rings. The highest BCUT2D eigenvalue weighted by Crippen LogP contribution is 2.13. The van der Waals surface area contributed by atoms with Crippen LogP contribution in [0.15, 0.2) is 48.5 Å². The van der Waals surface area contributed by atoms with Gasteiger partial charge in [0.25, 0.3) is 0 Å². The average Bonchev–Trinajstić information content (AvgIpc) is 2.90. The van der Waals surface area contributed by atoms with Crippen LogP contribution in [0.1, 0.15) is 11.4 Å². The molecule has 0 spiro atoms. The number of hydrogen-bond acceptors (Lipinski definition) is 3. The number of aromatic amines is 1. The zero-order valence-electron chi connectivity index (χ0n) is 11.6. The second-order valence-electron chi connectivity index (χ2n) is 4.91. The SMILES string of the molecule is O=S(=O)(Cc1ccc(Cl)cc1)NCc1nc2ccccc2[nH]1. The van der Waals surface area contributed by atoms with Gasteiger partial charge in [0.1, 0.15) is 5.82 Å². The number of nitrogens with zero attached hydrogens (tertiary/aromatic N) is 1. The molecule has 0 saturated carbocycles. The fraction of sp³-hybridized carbons (Fsp3) is 0.133. The molecule has 0 bridgehead atoms. The molecule has 0 amide bonds. The average molecular weight is 336 g/mol. The third-order valence-corrected chi connectivity index (χ3v) is 4.72. The van der Waals surface area contributed by atoms with E-state index in [1.54, 1.807) is 24.3 Å². The first-order valence-electron chi connectivity index (χ1n) is 6.67. The van der Waals surface area contributed by atoms with E-state index in [0.717, 1.165) is 11.0 Å². The largest absolute Gasteiger partial charge is 0.341 e. The fourth-order valence-electron chi connectivity index (χ4n) is 2.12. The van der Waals surface area contributed by atoms with Gasteiger partial charge < -0.3 is 4.98 Å². The van der Waals surface area contributed by atoms with Crippen molar-refractivity contribution in [3.05, 3.63) is 64.9 Å². The van der Waals surface area contributed by atoms with Crippen molar-refractivity contribution < 1.29 is 8.42 Å². The first-order valence-corrected chi connectivity index (χ1v) is 8.70. The second-order valence-corrected chi connectivity index (χ2v) is 7.15. The van der Waals surface area contributed by atoms with Crippen molar-refractivity contribution in [2.75, 3.05) is 0 Å². The molecule has 0 saturated heterocycles. The van der Waals surface area contributed by atoms with Crippen LogP contribution >= 0.6 is 11.6 Å². The summed E-state index contributed by atoms with van der Waals surface area (Å²) >= 11 is 5.79. The van der Waals surface area contributed by atoms with E-state index in [2.05, 4.69) is 14.7 Å². The number of benzene rings is 2. The standard InChI is InChI=1S/C15H14ClN3O2S/c16-12-7-5-11(6-8-12)10-22(20,21)17-9-15-18-13-3-1-2-4-14(13)19-15/h1-8,17H,9-10H2,(H,18,19). The molecule has 0 atom stereocenters. The molecule has 3 rings (SSSR count). The predicted octanol–water partition coefficient (Wildman–Crippen LogP) is 2.84. The van der Waals surface area contributed by atoms with E-state index in [1.165, 1.54) is 0 Å². The summed E-state index contributed by atoms with van der Waals surface area (Å²) in [4.78, 5) is 7.42. The van der Waals surface area contributed by atoms with Gasteiger partial charge in [-0.05, 0) is 29.8 Å². The Balaban J connectivity index is 1.67. The van der Waals surface area contributed by atoms with Crippen LogP contribution < -0.4 is 4.72 Å². The minimum absolute atomic E-state index is 0.0929. The Hall–Kier alpha value is -1.89. The Kier molecular flexibility index (Phi) is 4.15. The van der Waals surface area contributed by atoms with Crippen molar-refractivity contribution in [1.29, 1.82) is 0 Å². The van der Waals surface area contributed by atoms with E-state index in [-0.39, 0.29) is 12.3 Å². The molecule has 114 valence electrons. The Labute approximate surface area is 133 Å². The summed E-state index contributed by atoms with van der Waals surface area (Å²) in [5.74, 6) is 0.491. The van der Waals surface area contributed by atoms with Crippen molar-refractivity contribution in [1.82, 2.24) is 14.7 Å². The van der Waals surface area contributed by atoms with Crippen LogP contribution in [0.5, 0.6) is 0 Å². The topological polar surface area (TPSA) is 74.8 Å². The summed E-state index contributed by atoms with van der Waals surface area (Å²) in [6.07, 6.45) is 0. The van der Waals surface area contributed by atoms with Crippen molar-refractivity contribution in [2.45, 2.75) is 12.3 Å². The molecule has 2 N–H and O–H groups in total. The Bertz CT molecular complexity index is 856. The van der Waals surface area contributed by atoms with Gasteiger partial charge in [-0.1, -0.05) is 35.9 Å². The lowest BCUT2D eigenvalue weighted by atomic mass is 10.2. The number of aromatic nitrogens is 2. The van der Waals surface area contributed by atoms with Gasteiger partial charge in [0.15, 0.2) is 0 Å². The van der Waals surface area contributed by atoms with E-state index in [0.29, 0.717) is 16.4 Å². The summed E-state index contributed by atoms with van der Waals surface area (Å²) in [6.45, 7) is 0.130. The molecule has 0 unspecified atom stereocenters. The van der Waals surface area contributed by atoms with E-state index >= 15 is 0 Å². The molecule has 0 radical (unpaired) electrons. The van der Waals surface area contributed by atoms with Gasteiger partial charge in [0, 0.05) is 5.02 Å². The molecule has 1 aromatic heterocycles. The second kappa shape index (κ2) is 6.08. The van der Waals surface area contributed by atoms with Crippen molar-refractivity contribution in [3.63, 3.8) is 0 Å². The summed E-state index contributed by atoms with van der Waals surface area (Å²) in [6, 6.07) is 14.3. The van der Waals surface area contributed by atoms with Gasteiger partial charge in [0.2, 0.25) is 10.0 Å². The Morgan fingerprint density at radius 1 is 1.09 bits per heavy atom. The zero-order chi connectivity index (χ0) is 15.6. The van der Waals surface area contributed by atoms with Crippen LogP contribution in [-0.4, -0.2) is 18.4 Å². The molecule has 0 aliphatic heterocycles. The van der Waals surface area contributed by atoms with Crippen LogP contribution in [0.25, 0.3) is 11.0 Å². The highest BCUT2D eigenvalue weighted by Gasteiger charge is 2.12. The van der Waals surface area contributed by atoms with Crippen molar-refractivity contribution in [3.8, 4) is 0 Å². The minimum atomic E-state index is -3.44. The number of fused-ring (bicyclic) bond motifs is 1. The number of H-pyrrole nitrogens is 1. The van der Waals surface area contributed by atoms with Crippen LogP contribution in [0.4, 0.5) is 0 Å². The van der Waals surface area contributed by atoms with E-state index < -0.39 is 10.0 Å². The van der Waals surface area contributed by atoms with Crippen LogP contribution in [-0.2, 0) is 22.3 Å². The monoisotopic (exact) mass is 335 g/mol. The fourth-order valence-corrected chi connectivity index (χ4v) is 3.33. The van der Waals surface area contributed by atoms with Crippen molar-refractivity contribution in [2.24, 2.45) is 0 Å². The minimum Gasteiger partial charge on any atom is -0.341 e. The molecular weight excluding hydrogens is 322 g/mol. The molecular formula is C15H14ClN3O2S. The number of para-hydroxylation sites is 2. The smallest absolute Gasteiger partial charge is 0.216 e. The maximum atomic E-state index is 12.1. The molecule has 7 heteroatoms. The molecule has 0 aliphatic rings. The van der Waals surface area contributed by atoms with Crippen LogP contribution in [0.2, 0.25) is 5.02 Å². The van der Waals surface area contributed by atoms with Gasteiger partial charge >= 0.3 is 0 Å². The maximum Gasteiger partial charge on any atom is 0.216 e. The predicted molar refractivity (Wildman–Crippen MR) is 87.0 cm³/mol. The highest BCUT2D eigenvalue weighted by atomic mass is 35.5. The van der Waals surface area contributed by atoms with Gasteiger partial charge in [-0.2, -0.15) is 0 Å². The Morgan fingerprint density at radius 3 is 2.55 bits per heavy atom. The number of nitrogens with one attached hydrogen (secondary N) is 2. The van der Waals surface area contributed by atoms with Crippen molar-refractivity contribution >= 4 is 32.7 Å². The first-order chi connectivity index (χ1) is 10.5. The van der Waals surface area contributed by atoms with Gasteiger partial charge in [0.05, 0.1) is 23.3 Å². The maximum absolute atomic E-state index is 12.1. The van der Waals surface area contributed by atoms with Gasteiger partial charge in [-0.3, -0.25) is 0 Å². The summed E-state index contributed by atoms with van der Waals surface area (Å²) in [5, 5.41) is 0.580. The quantitative estimate of drug-likeness (QED) is 0.753. The van der Waals surface area contributed by atoms with E-state index in [9.17, 15) is 8.42 Å². The molecule has 0 aliphatic carbocycles. The molecule has 3 aromatic rings. The normalized spacial score (nSPS) is 11.9. The lowest BCUT2D eigenvalue weighted by Crippen LogP contribution is -2.25. The van der Waals surface area contributed by atoms with Gasteiger partial charge in [-0.15, -0.1) is 0 Å². The lowest BCUT2D eigenvalue weighted by molar-refractivity contribution is 0.579. The lowest BCUT2D eigenvalue weighted by Gasteiger charge is -2.05. The van der Waals surface area contributed by atoms with E-state index in [1.807, 2.05) is 24.3 Å². The molecule has 5 nitrogen and oxygen atoms in total. The van der Waals surface area contributed by atoms with Crippen LogP contribution in [0, 0.1) is 0 Å². The Morgan fingerprint density at radius 2 is 1.82 bits per heavy atom. The third kappa shape index (κ3) is 3.65. The van der Waals surface area contributed by atoms with Crippen LogP contribution in [0.3, 0.4) is 0 Å². The number of hydrogen-bond donors (Lipinski definition) is 2. The third-order valence-electron chi connectivity index (χ3n) is 3.17. The number of sulfonamides is 1. The highest BCUT2D eigenvalue weighted by molar-refractivity contribution is 7.88. The molecule has 1 heterocycles. The first kappa shape index (κ1) is 15.0. The summed E-state index contributed by atoms with van der Waals surface area (Å²) in [7, 11) is -3.44. The summed E-state index contributed by atoms with van der Waals surface area (Å²) in [5.41, 5.74) is 2.38. The zero-order valence-corrected chi connectivity index (χ0v) is 13.2. The molecule has 22 heavy (non-hydrogen) atoms. The number of rotatable bonds is 5. The number of imidazole rings is 1.